The first-order chi connectivity index (χ1) is 10.2. The van der Waals surface area contributed by atoms with Crippen molar-refractivity contribution in [3.05, 3.63) is 23.4 Å². The third-order valence-corrected chi connectivity index (χ3v) is 4.68. The first-order valence-electron chi connectivity index (χ1n) is 7.95. The number of nitrogens with zero attached hydrogens (tertiary/aromatic N) is 2. The van der Waals surface area contributed by atoms with E-state index in [1.807, 2.05) is 19.2 Å². The van der Waals surface area contributed by atoms with Gasteiger partial charge in [-0.3, -0.25) is 9.69 Å². The van der Waals surface area contributed by atoms with E-state index in [-0.39, 0.29) is 5.91 Å². The van der Waals surface area contributed by atoms with Gasteiger partial charge in [-0.2, -0.15) is 0 Å². The normalized spacial score (nSPS) is 24.9. The SMILES string of the molecule is CCc1cc(C(=O)NC2CCN3CCCC23)cc(NC)n1. The summed E-state index contributed by atoms with van der Waals surface area (Å²) in [6, 6.07) is 4.58. The Morgan fingerprint density at radius 3 is 3.00 bits per heavy atom. The minimum absolute atomic E-state index is 0.0300. The van der Waals surface area contributed by atoms with Crippen molar-refractivity contribution in [2.45, 2.75) is 44.7 Å². The van der Waals surface area contributed by atoms with Crippen LogP contribution in [0.25, 0.3) is 0 Å². The molecule has 3 heterocycles. The molecule has 2 aliphatic heterocycles. The van der Waals surface area contributed by atoms with Crippen LogP contribution < -0.4 is 10.6 Å². The van der Waals surface area contributed by atoms with Gasteiger partial charge in [0.1, 0.15) is 5.82 Å². The highest BCUT2D eigenvalue weighted by Gasteiger charge is 2.37. The van der Waals surface area contributed by atoms with Crippen molar-refractivity contribution < 1.29 is 4.79 Å². The lowest BCUT2D eigenvalue weighted by atomic mass is 10.1. The molecule has 3 rings (SSSR count). The lowest BCUT2D eigenvalue weighted by molar-refractivity contribution is 0.0929. The van der Waals surface area contributed by atoms with Crippen molar-refractivity contribution in [2.75, 3.05) is 25.5 Å². The molecule has 2 N–H and O–H groups in total. The van der Waals surface area contributed by atoms with Crippen LogP contribution in [0.2, 0.25) is 0 Å². The van der Waals surface area contributed by atoms with Crippen LogP contribution in [0.4, 0.5) is 5.82 Å². The van der Waals surface area contributed by atoms with Gasteiger partial charge >= 0.3 is 0 Å². The van der Waals surface area contributed by atoms with Crippen molar-refractivity contribution in [3.8, 4) is 0 Å². The Kier molecular flexibility index (Phi) is 4.10. The number of fused-ring (bicyclic) bond motifs is 1. The Morgan fingerprint density at radius 1 is 1.38 bits per heavy atom. The Bertz CT molecular complexity index is 509. The standard InChI is InChI=1S/C16H24N4O/c1-3-12-9-11(10-15(17-2)18-12)16(21)19-13-6-8-20-7-4-5-14(13)20/h9-10,13-14H,3-8H2,1-2H3,(H,17,18)(H,19,21). The molecule has 0 radical (unpaired) electrons. The first-order valence-corrected chi connectivity index (χ1v) is 7.95. The molecule has 0 spiro atoms. The highest BCUT2D eigenvalue weighted by atomic mass is 16.1. The Labute approximate surface area is 126 Å². The number of hydrogen-bond acceptors (Lipinski definition) is 4. The van der Waals surface area contributed by atoms with Crippen molar-refractivity contribution in [2.24, 2.45) is 0 Å². The Hall–Kier alpha value is -1.62. The molecule has 2 saturated heterocycles. The summed E-state index contributed by atoms with van der Waals surface area (Å²) in [4.78, 5) is 19.5. The molecular formula is C16H24N4O. The van der Waals surface area contributed by atoms with E-state index in [4.69, 9.17) is 0 Å². The molecule has 2 aliphatic rings. The van der Waals surface area contributed by atoms with E-state index >= 15 is 0 Å². The quantitative estimate of drug-likeness (QED) is 0.884. The number of carbonyl (C=O) groups excluding carboxylic acids is 1. The zero-order valence-electron chi connectivity index (χ0n) is 12.9. The summed E-state index contributed by atoms with van der Waals surface area (Å²) in [5.74, 6) is 0.788. The predicted octanol–water partition coefficient (Wildman–Crippen LogP) is 1.65. The number of hydrogen-bond donors (Lipinski definition) is 2. The van der Waals surface area contributed by atoms with Crippen molar-refractivity contribution >= 4 is 11.7 Å². The maximum absolute atomic E-state index is 12.5. The highest BCUT2D eigenvalue weighted by Crippen LogP contribution is 2.28. The zero-order chi connectivity index (χ0) is 14.8. The second-order valence-corrected chi connectivity index (χ2v) is 5.95. The number of amides is 1. The molecule has 2 unspecified atom stereocenters. The van der Waals surface area contributed by atoms with Gasteiger partial charge in [-0.05, 0) is 44.4 Å². The topological polar surface area (TPSA) is 57.3 Å². The van der Waals surface area contributed by atoms with Crippen molar-refractivity contribution in [1.29, 1.82) is 0 Å². The lowest BCUT2D eigenvalue weighted by Crippen LogP contribution is -2.42. The van der Waals surface area contributed by atoms with E-state index < -0.39 is 0 Å². The Balaban J connectivity index is 1.73. The van der Waals surface area contributed by atoms with Crippen LogP contribution in [0.5, 0.6) is 0 Å². The maximum atomic E-state index is 12.5. The summed E-state index contributed by atoms with van der Waals surface area (Å²) in [6.07, 6.45) is 4.37. The van der Waals surface area contributed by atoms with Gasteiger partial charge in [0.25, 0.3) is 5.91 Å². The number of anilines is 1. The van der Waals surface area contributed by atoms with Gasteiger partial charge in [0.2, 0.25) is 0 Å². The molecule has 114 valence electrons. The van der Waals surface area contributed by atoms with E-state index in [0.29, 0.717) is 17.6 Å². The molecule has 2 fully saturated rings. The highest BCUT2D eigenvalue weighted by molar-refractivity contribution is 5.95. The van der Waals surface area contributed by atoms with Gasteiger partial charge in [0.15, 0.2) is 0 Å². The molecule has 21 heavy (non-hydrogen) atoms. The third-order valence-electron chi connectivity index (χ3n) is 4.68. The molecule has 5 heteroatoms. The molecule has 5 nitrogen and oxygen atoms in total. The van der Waals surface area contributed by atoms with Crippen molar-refractivity contribution in [1.82, 2.24) is 15.2 Å². The number of pyridine rings is 1. The summed E-state index contributed by atoms with van der Waals surface area (Å²) >= 11 is 0. The van der Waals surface area contributed by atoms with Crippen LogP contribution in [0.3, 0.4) is 0 Å². The average molecular weight is 288 g/mol. The number of rotatable bonds is 4. The second-order valence-electron chi connectivity index (χ2n) is 5.95. The summed E-state index contributed by atoms with van der Waals surface area (Å²) in [7, 11) is 1.83. The van der Waals surface area contributed by atoms with E-state index in [1.165, 1.54) is 19.4 Å². The number of carbonyl (C=O) groups is 1. The molecule has 1 aromatic heterocycles. The fraction of sp³-hybridized carbons (Fsp3) is 0.625. The monoisotopic (exact) mass is 288 g/mol. The van der Waals surface area contributed by atoms with E-state index in [1.54, 1.807) is 0 Å². The second kappa shape index (κ2) is 6.02. The summed E-state index contributed by atoms with van der Waals surface area (Å²) in [5.41, 5.74) is 1.66. The van der Waals surface area contributed by atoms with Crippen LogP contribution in [0, 0.1) is 0 Å². The fourth-order valence-corrected chi connectivity index (χ4v) is 3.53. The number of aromatic nitrogens is 1. The molecule has 0 saturated carbocycles. The van der Waals surface area contributed by atoms with Crippen LogP contribution in [-0.2, 0) is 6.42 Å². The molecule has 0 aromatic carbocycles. The average Bonchev–Trinajstić information content (AvgIpc) is 3.11. The molecule has 1 aromatic rings. The van der Waals surface area contributed by atoms with Crippen LogP contribution in [-0.4, -0.2) is 48.0 Å². The Morgan fingerprint density at radius 2 is 2.24 bits per heavy atom. The van der Waals surface area contributed by atoms with Gasteiger partial charge < -0.3 is 10.6 Å². The lowest BCUT2D eigenvalue weighted by Gasteiger charge is -2.21. The van der Waals surface area contributed by atoms with Gasteiger partial charge in [-0.1, -0.05) is 6.92 Å². The van der Waals surface area contributed by atoms with Gasteiger partial charge in [-0.15, -0.1) is 0 Å². The molecule has 0 bridgehead atoms. The minimum Gasteiger partial charge on any atom is -0.373 e. The molecule has 1 amide bonds. The smallest absolute Gasteiger partial charge is 0.251 e. The first kappa shape index (κ1) is 14.3. The predicted molar refractivity (Wildman–Crippen MR) is 83.6 cm³/mol. The summed E-state index contributed by atoms with van der Waals surface area (Å²) < 4.78 is 0. The summed E-state index contributed by atoms with van der Waals surface area (Å²) in [6.45, 7) is 4.36. The molecular weight excluding hydrogens is 264 g/mol. The number of nitrogens with one attached hydrogen (secondary N) is 2. The molecule has 2 atom stereocenters. The van der Waals surface area contributed by atoms with Crippen LogP contribution in [0.15, 0.2) is 12.1 Å². The van der Waals surface area contributed by atoms with Gasteiger partial charge in [0, 0.05) is 36.9 Å². The largest absolute Gasteiger partial charge is 0.373 e. The maximum Gasteiger partial charge on any atom is 0.251 e. The number of aryl methyl sites for hydroxylation is 1. The van der Waals surface area contributed by atoms with E-state index in [0.717, 1.165) is 30.9 Å². The molecule has 0 aliphatic carbocycles. The van der Waals surface area contributed by atoms with E-state index in [2.05, 4.69) is 27.4 Å². The summed E-state index contributed by atoms with van der Waals surface area (Å²) in [5, 5.41) is 6.26. The minimum atomic E-state index is 0.0300. The van der Waals surface area contributed by atoms with Crippen LogP contribution >= 0.6 is 0 Å². The van der Waals surface area contributed by atoms with Gasteiger partial charge in [0.05, 0.1) is 0 Å². The van der Waals surface area contributed by atoms with Crippen molar-refractivity contribution in [3.63, 3.8) is 0 Å². The third kappa shape index (κ3) is 2.88. The fourth-order valence-electron chi connectivity index (χ4n) is 3.53. The van der Waals surface area contributed by atoms with Gasteiger partial charge in [-0.25, -0.2) is 4.98 Å². The van der Waals surface area contributed by atoms with E-state index in [9.17, 15) is 4.79 Å². The zero-order valence-corrected chi connectivity index (χ0v) is 12.9. The van der Waals surface area contributed by atoms with Crippen LogP contribution in [0.1, 0.15) is 42.2 Å².